The molecule has 0 saturated carbocycles. The number of aromatic amines is 1. The average molecular weight is 539 g/mol. The number of ether oxygens (including phenoxy) is 1. The predicted molar refractivity (Wildman–Crippen MR) is 146 cm³/mol. The lowest BCUT2D eigenvalue weighted by Gasteiger charge is -2.24. The van der Waals surface area contributed by atoms with Crippen LogP contribution in [0.4, 0.5) is 4.79 Å². The minimum Gasteiger partial charge on any atom is -0.444 e. The molecule has 2 aromatic heterocycles. The Morgan fingerprint density at radius 1 is 1.11 bits per heavy atom. The first-order valence-corrected chi connectivity index (χ1v) is 13.6. The Morgan fingerprint density at radius 3 is 2.53 bits per heavy atom. The second kappa shape index (κ2) is 10.0. The Morgan fingerprint density at radius 2 is 1.82 bits per heavy atom. The van der Waals surface area contributed by atoms with Crippen molar-refractivity contribution in [3.63, 3.8) is 0 Å². The molecule has 5 rings (SSSR count). The second-order valence-corrected chi connectivity index (χ2v) is 12.3. The normalized spacial score (nSPS) is 19.9. The van der Waals surface area contributed by atoms with Crippen molar-refractivity contribution >= 4 is 40.1 Å². The number of hydrogen-bond acceptors (Lipinski definition) is 7. The SMILES string of the molecule is Cc1ccc2[nH]c(C(=O)N[C@@H]3CN(C(=O)OC(C)(C)C)C[C@H]3NC(=O)c3nc4c(s3)CN(C)CC4)cc2c1. The molecular formula is C27H34N6O4S. The van der Waals surface area contributed by atoms with Gasteiger partial charge in [-0.15, -0.1) is 11.3 Å². The lowest BCUT2D eigenvalue weighted by molar-refractivity contribution is 0.0286. The van der Waals surface area contributed by atoms with Crippen LogP contribution in [0.5, 0.6) is 0 Å². The number of aromatic nitrogens is 2. The van der Waals surface area contributed by atoms with Gasteiger partial charge in [0.05, 0.1) is 17.8 Å². The third-order valence-electron chi connectivity index (χ3n) is 6.74. The number of likely N-dealkylation sites (tertiary alicyclic amines) is 1. The number of hydrogen-bond donors (Lipinski definition) is 3. The first-order valence-electron chi connectivity index (χ1n) is 12.8. The third kappa shape index (κ3) is 5.68. The lowest BCUT2D eigenvalue weighted by atomic mass is 10.1. The first-order chi connectivity index (χ1) is 17.9. The van der Waals surface area contributed by atoms with Crippen molar-refractivity contribution in [1.29, 1.82) is 0 Å². The molecule has 202 valence electrons. The number of carbonyl (C=O) groups excluding carboxylic acids is 3. The van der Waals surface area contributed by atoms with Gasteiger partial charge in [-0.05, 0) is 52.9 Å². The topological polar surface area (TPSA) is 120 Å². The fraction of sp³-hybridized carbons (Fsp3) is 0.481. The molecule has 0 unspecified atom stereocenters. The molecule has 3 aromatic rings. The van der Waals surface area contributed by atoms with Crippen LogP contribution in [0.25, 0.3) is 10.9 Å². The minimum atomic E-state index is -0.660. The highest BCUT2D eigenvalue weighted by Crippen LogP contribution is 2.25. The van der Waals surface area contributed by atoms with Gasteiger partial charge in [0.25, 0.3) is 11.8 Å². The fourth-order valence-corrected chi connectivity index (χ4v) is 5.93. The van der Waals surface area contributed by atoms with E-state index in [4.69, 9.17) is 4.74 Å². The maximum atomic E-state index is 13.2. The summed E-state index contributed by atoms with van der Waals surface area (Å²) in [7, 11) is 2.05. The molecule has 1 aromatic carbocycles. The highest BCUT2D eigenvalue weighted by atomic mass is 32.1. The van der Waals surface area contributed by atoms with Gasteiger partial charge >= 0.3 is 6.09 Å². The second-order valence-electron chi connectivity index (χ2n) is 11.2. The first kappa shape index (κ1) is 26.2. The lowest BCUT2D eigenvalue weighted by Crippen LogP contribution is -2.51. The van der Waals surface area contributed by atoms with Crippen LogP contribution >= 0.6 is 11.3 Å². The van der Waals surface area contributed by atoms with Crippen LogP contribution in [0.2, 0.25) is 0 Å². The van der Waals surface area contributed by atoms with Crippen LogP contribution in [0, 0.1) is 6.92 Å². The smallest absolute Gasteiger partial charge is 0.410 e. The van der Waals surface area contributed by atoms with Crippen LogP contribution in [0.1, 0.15) is 57.2 Å². The summed E-state index contributed by atoms with van der Waals surface area (Å²) in [4.78, 5) is 51.8. The molecule has 2 aliphatic rings. The van der Waals surface area contributed by atoms with Crippen LogP contribution in [0.15, 0.2) is 24.3 Å². The number of rotatable bonds is 4. The van der Waals surface area contributed by atoms with Gasteiger partial charge in [0.1, 0.15) is 11.3 Å². The number of fused-ring (bicyclic) bond motifs is 2. The zero-order chi connectivity index (χ0) is 27.2. The molecule has 1 fully saturated rings. The van der Waals surface area contributed by atoms with Crippen molar-refractivity contribution in [2.24, 2.45) is 0 Å². The maximum Gasteiger partial charge on any atom is 0.410 e. The number of likely N-dealkylation sites (N-methyl/N-ethyl adjacent to an activating group) is 1. The van der Waals surface area contributed by atoms with E-state index in [2.05, 4.69) is 25.5 Å². The number of H-pyrrole nitrogens is 1. The van der Waals surface area contributed by atoms with E-state index < -0.39 is 23.8 Å². The van der Waals surface area contributed by atoms with Gasteiger partial charge in [-0.3, -0.25) is 9.59 Å². The van der Waals surface area contributed by atoms with E-state index in [0.717, 1.165) is 46.5 Å². The van der Waals surface area contributed by atoms with E-state index in [-0.39, 0.29) is 24.9 Å². The van der Waals surface area contributed by atoms with Crippen LogP contribution in [-0.2, 0) is 17.7 Å². The number of aryl methyl sites for hydroxylation is 1. The fourth-order valence-electron chi connectivity index (χ4n) is 4.84. The molecule has 0 spiro atoms. The van der Waals surface area contributed by atoms with Crippen molar-refractivity contribution in [1.82, 2.24) is 30.4 Å². The van der Waals surface area contributed by atoms with Crippen LogP contribution in [0.3, 0.4) is 0 Å². The van der Waals surface area contributed by atoms with Gasteiger partial charge < -0.3 is 30.2 Å². The molecule has 0 radical (unpaired) electrons. The molecule has 0 bridgehead atoms. The van der Waals surface area contributed by atoms with Gasteiger partial charge in [-0.1, -0.05) is 11.6 Å². The van der Waals surface area contributed by atoms with Gasteiger partial charge in [-0.2, -0.15) is 0 Å². The van der Waals surface area contributed by atoms with E-state index in [1.54, 1.807) is 20.8 Å². The van der Waals surface area contributed by atoms with Gasteiger partial charge in [0.2, 0.25) is 0 Å². The summed E-state index contributed by atoms with van der Waals surface area (Å²) < 4.78 is 5.55. The van der Waals surface area contributed by atoms with E-state index in [1.807, 2.05) is 38.2 Å². The van der Waals surface area contributed by atoms with E-state index in [9.17, 15) is 14.4 Å². The largest absolute Gasteiger partial charge is 0.444 e. The Labute approximate surface area is 225 Å². The maximum absolute atomic E-state index is 13.2. The molecule has 11 heteroatoms. The molecule has 10 nitrogen and oxygen atoms in total. The Kier molecular flexibility index (Phi) is 6.91. The predicted octanol–water partition coefficient (Wildman–Crippen LogP) is 3.07. The van der Waals surface area contributed by atoms with E-state index >= 15 is 0 Å². The van der Waals surface area contributed by atoms with Crippen LogP contribution < -0.4 is 10.6 Å². The summed E-state index contributed by atoms with van der Waals surface area (Å²) in [5.41, 5.74) is 2.70. The number of thiazole rings is 1. The molecule has 2 aliphatic heterocycles. The Bertz CT molecular complexity index is 1390. The quantitative estimate of drug-likeness (QED) is 0.470. The number of benzene rings is 1. The molecule has 38 heavy (non-hydrogen) atoms. The molecule has 2 atom stereocenters. The van der Waals surface area contributed by atoms with Gasteiger partial charge in [0, 0.05) is 48.4 Å². The summed E-state index contributed by atoms with van der Waals surface area (Å²) in [6, 6.07) is 6.73. The number of nitrogens with zero attached hydrogens (tertiary/aromatic N) is 3. The zero-order valence-electron chi connectivity index (χ0n) is 22.4. The number of nitrogens with one attached hydrogen (secondary N) is 3. The molecule has 0 aliphatic carbocycles. The molecular weight excluding hydrogens is 504 g/mol. The zero-order valence-corrected chi connectivity index (χ0v) is 23.2. The highest BCUT2D eigenvalue weighted by molar-refractivity contribution is 7.13. The van der Waals surface area contributed by atoms with Gasteiger partial charge in [-0.25, -0.2) is 9.78 Å². The monoisotopic (exact) mass is 538 g/mol. The standard InChI is InChI=1S/C27H34N6O4S/c1-15-6-7-17-16(10-15)11-19(28-17)23(34)29-20-12-33(26(36)37-27(2,3)4)13-21(20)30-24(35)25-31-18-8-9-32(5)14-22(18)38-25/h6-7,10-11,20-21,28H,8-9,12-14H2,1-5H3,(H,29,34)(H,30,35)/t20-,21-/m1/s1. The summed E-state index contributed by atoms with van der Waals surface area (Å²) >= 11 is 1.40. The summed E-state index contributed by atoms with van der Waals surface area (Å²) in [5.74, 6) is -0.606. The number of carbonyl (C=O) groups is 3. The number of amides is 3. The van der Waals surface area contributed by atoms with Crippen molar-refractivity contribution < 1.29 is 19.1 Å². The van der Waals surface area contributed by atoms with Crippen molar-refractivity contribution in [2.75, 3.05) is 26.7 Å². The van der Waals surface area contributed by atoms with Gasteiger partial charge in [0.15, 0.2) is 5.01 Å². The molecule has 3 amide bonds. The molecule has 4 heterocycles. The third-order valence-corrected chi connectivity index (χ3v) is 7.82. The van der Waals surface area contributed by atoms with Crippen molar-refractivity contribution in [3.8, 4) is 0 Å². The molecule has 1 saturated heterocycles. The minimum absolute atomic E-state index is 0.212. The Hall–Kier alpha value is -3.44. The van der Waals surface area contributed by atoms with Crippen molar-refractivity contribution in [3.05, 3.63) is 51.1 Å². The summed E-state index contributed by atoms with van der Waals surface area (Å²) in [6.07, 6.45) is 0.330. The van der Waals surface area contributed by atoms with E-state index in [0.29, 0.717) is 10.7 Å². The average Bonchev–Trinajstić information content (AvgIpc) is 3.54. The summed E-state index contributed by atoms with van der Waals surface area (Å²) in [5, 5.41) is 7.39. The van der Waals surface area contributed by atoms with Crippen molar-refractivity contribution in [2.45, 2.75) is 58.3 Å². The summed E-state index contributed by atoms with van der Waals surface area (Å²) in [6.45, 7) is 9.53. The van der Waals surface area contributed by atoms with E-state index in [1.165, 1.54) is 16.2 Å². The highest BCUT2D eigenvalue weighted by Gasteiger charge is 2.39. The van der Waals surface area contributed by atoms with Crippen LogP contribution in [-0.4, -0.2) is 82.0 Å². The Balaban J connectivity index is 1.33. The molecule has 3 N–H and O–H groups in total.